The highest BCUT2D eigenvalue weighted by molar-refractivity contribution is 5.95. The average molecular weight is 358 g/mol. The van der Waals surface area contributed by atoms with Crippen molar-refractivity contribution in [3.8, 4) is 5.75 Å². The van der Waals surface area contributed by atoms with Crippen LogP contribution in [0.4, 0.5) is 5.69 Å². The number of ether oxygens (including phenoxy) is 1. The Labute approximate surface area is 153 Å². The normalized spacial score (nSPS) is 18.1. The summed E-state index contributed by atoms with van der Waals surface area (Å²) >= 11 is 0. The molecule has 0 bridgehead atoms. The van der Waals surface area contributed by atoms with Gasteiger partial charge in [-0.1, -0.05) is 25.9 Å². The number of nitrogens with zero attached hydrogens (tertiary/aromatic N) is 3. The Bertz CT molecular complexity index is 749. The molecule has 0 saturated carbocycles. The molecule has 1 aliphatic rings. The van der Waals surface area contributed by atoms with Gasteiger partial charge < -0.3 is 14.6 Å². The van der Waals surface area contributed by atoms with Gasteiger partial charge in [-0.15, -0.1) is 0 Å². The molecule has 140 valence electrons. The van der Waals surface area contributed by atoms with E-state index in [9.17, 15) is 4.79 Å². The minimum atomic E-state index is -0.186. The van der Waals surface area contributed by atoms with Crippen molar-refractivity contribution in [3.63, 3.8) is 0 Å². The summed E-state index contributed by atoms with van der Waals surface area (Å²) in [5.41, 5.74) is 0.582. The Hall–Kier alpha value is -2.41. The van der Waals surface area contributed by atoms with Gasteiger partial charge in [0.25, 0.3) is 0 Å². The van der Waals surface area contributed by atoms with Gasteiger partial charge in [0.1, 0.15) is 5.75 Å². The second-order valence-corrected chi connectivity index (χ2v) is 7.61. The van der Waals surface area contributed by atoms with Crippen LogP contribution in [-0.2, 0) is 16.8 Å². The van der Waals surface area contributed by atoms with Crippen molar-refractivity contribution >= 4 is 11.6 Å². The van der Waals surface area contributed by atoms with Crippen molar-refractivity contribution in [3.05, 3.63) is 36.0 Å². The lowest BCUT2D eigenvalue weighted by Gasteiger charge is -2.22. The molecule has 0 unspecified atom stereocenters. The van der Waals surface area contributed by atoms with Gasteiger partial charge in [-0.25, -0.2) is 0 Å². The Morgan fingerprint density at radius 3 is 2.69 bits per heavy atom. The molecule has 7 heteroatoms. The molecule has 1 aromatic heterocycles. The number of nitrogens with one attached hydrogen (secondary N) is 1. The number of likely N-dealkylation sites (tertiary alicyclic amines) is 1. The highest BCUT2D eigenvalue weighted by Crippen LogP contribution is 2.24. The molecule has 1 aliphatic heterocycles. The molecule has 2 aromatic rings. The molecule has 7 nitrogen and oxygen atoms in total. The summed E-state index contributed by atoms with van der Waals surface area (Å²) in [6, 6.07) is 7.15. The predicted octanol–water partition coefficient (Wildman–Crippen LogP) is 2.98. The molecule has 1 atom stereocenters. The fourth-order valence-corrected chi connectivity index (χ4v) is 3.02. The minimum Gasteiger partial charge on any atom is -0.497 e. The standard InChI is InChI=1S/C19H26N4O3/c1-19(2,3)18-21-16(22-26-18)12-23-11-5-6-15(23)17(24)20-13-7-9-14(25-4)10-8-13/h7-10,15H,5-6,11-12H2,1-4H3,(H,20,24)/t15-/m1/s1. The molecule has 1 amide bonds. The maximum atomic E-state index is 12.7. The zero-order chi connectivity index (χ0) is 18.7. The smallest absolute Gasteiger partial charge is 0.241 e. The van der Waals surface area contributed by atoms with Crippen LogP contribution >= 0.6 is 0 Å². The first-order valence-corrected chi connectivity index (χ1v) is 8.89. The highest BCUT2D eigenvalue weighted by Gasteiger charge is 2.32. The summed E-state index contributed by atoms with van der Waals surface area (Å²) in [5, 5.41) is 7.05. The van der Waals surface area contributed by atoms with E-state index in [-0.39, 0.29) is 17.4 Å². The van der Waals surface area contributed by atoms with Crippen molar-refractivity contribution in [1.29, 1.82) is 0 Å². The third kappa shape index (κ3) is 4.22. The van der Waals surface area contributed by atoms with Gasteiger partial charge in [-0.2, -0.15) is 4.98 Å². The number of aromatic nitrogens is 2. The van der Waals surface area contributed by atoms with Crippen LogP contribution < -0.4 is 10.1 Å². The molecule has 1 fully saturated rings. The Morgan fingerprint density at radius 1 is 1.35 bits per heavy atom. The van der Waals surface area contributed by atoms with Crippen LogP contribution in [0.3, 0.4) is 0 Å². The number of carbonyl (C=O) groups is 1. The quantitative estimate of drug-likeness (QED) is 0.885. The van der Waals surface area contributed by atoms with Crippen molar-refractivity contribution in [1.82, 2.24) is 15.0 Å². The van der Waals surface area contributed by atoms with Crippen molar-refractivity contribution in [2.75, 3.05) is 19.0 Å². The first-order valence-electron chi connectivity index (χ1n) is 8.89. The lowest BCUT2D eigenvalue weighted by Crippen LogP contribution is -2.39. The zero-order valence-corrected chi connectivity index (χ0v) is 15.8. The number of hydrogen-bond acceptors (Lipinski definition) is 6. The number of carbonyl (C=O) groups excluding carboxylic acids is 1. The maximum absolute atomic E-state index is 12.7. The predicted molar refractivity (Wildman–Crippen MR) is 98.1 cm³/mol. The van der Waals surface area contributed by atoms with Crippen molar-refractivity contribution in [2.45, 2.75) is 51.6 Å². The van der Waals surface area contributed by atoms with Crippen molar-refractivity contribution in [2.24, 2.45) is 0 Å². The first-order chi connectivity index (χ1) is 12.4. The maximum Gasteiger partial charge on any atom is 0.241 e. The van der Waals surface area contributed by atoms with E-state index in [1.165, 1.54) is 0 Å². The van der Waals surface area contributed by atoms with Crippen molar-refractivity contribution < 1.29 is 14.1 Å². The molecular formula is C19H26N4O3. The number of benzene rings is 1. The molecule has 1 N–H and O–H groups in total. The van der Waals surface area contributed by atoms with E-state index in [2.05, 4.69) is 20.4 Å². The van der Waals surface area contributed by atoms with E-state index < -0.39 is 0 Å². The molecule has 0 aliphatic carbocycles. The summed E-state index contributed by atoms with van der Waals surface area (Å²) in [4.78, 5) is 19.3. The van der Waals surface area contributed by atoms with Crippen LogP contribution in [0.1, 0.15) is 45.3 Å². The Morgan fingerprint density at radius 2 is 2.08 bits per heavy atom. The largest absolute Gasteiger partial charge is 0.497 e. The summed E-state index contributed by atoms with van der Waals surface area (Å²) in [6.07, 6.45) is 1.80. The van der Waals surface area contributed by atoms with Crippen LogP contribution in [0.15, 0.2) is 28.8 Å². The van der Waals surface area contributed by atoms with E-state index in [1.807, 2.05) is 45.0 Å². The number of amides is 1. The topological polar surface area (TPSA) is 80.5 Å². The lowest BCUT2D eigenvalue weighted by molar-refractivity contribution is -0.120. The van der Waals surface area contributed by atoms with Gasteiger partial charge in [0.05, 0.1) is 19.7 Å². The summed E-state index contributed by atoms with van der Waals surface area (Å²) in [6.45, 7) is 7.46. The zero-order valence-electron chi connectivity index (χ0n) is 15.8. The Balaban J connectivity index is 1.63. The molecule has 1 aromatic carbocycles. The fraction of sp³-hybridized carbons (Fsp3) is 0.526. The molecule has 2 heterocycles. The van der Waals surface area contributed by atoms with Gasteiger partial charge in [-0.05, 0) is 43.7 Å². The lowest BCUT2D eigenvalue weighted by atomic mass is 9.97. The summed E-state index contributed by atoms with van der Waals surface area (Å²) in [7, 11) is 1.62. The van der Waals surface area contributed by atoms with E-state index >= 15 is 0 Å². The number of anilines is 1. The van der Waals surface area contributed by atoms with E-state index in [4.69, 9.17) is 9.26 Å². The third-order valence-electron chi connectivity index (χ3n) is 4.48. The van der Waals surface area contributed by atoms with E-state index in [1.54, 1.807) is 7.11 Å². The van der Waals surface area contributed by atoms with Crippen LogP contribution in [0.2, 0.25) is 0 Å². The molecule has 0 spiro atoms. The average Bonchev–Trinajstić information content (AvgIpc) is 3.25. The van der Waals surface area contributed by atoms with E-state index in [0.717, 1.165) is 30.8 Å². The van der Waals surface area contributed by atoms with Gasteiger partial charge in [0, 0.05) is 11.1 Å². The minimum absolute atomic E-state index is 0.00722. The summed E-state index contributed by atoms with van der Waals surface area (Å²) < 4.78 is 10.5. The molecule has 3 rings (SSSR count). The number of methoxy groups -OCH3 is 1. The fourth-order valence-electron chi connectivity index (χ4n) is 3.02. The molecule has 26 heavy (non-hydrogen) atoms. The van der Waals surface area contributed by atoms with Crippen LogP contribution in [0.25, 0.3) is 0 Å². The second kappa shape index (κ2) is 7.45. The molecular weight excluding hydrogens is 332 g/mol. The SMILES string of the molecule is COc1ccc(NC(=O)[C@H]2CCCN2Cc2noc(C(C)(C)C)n2)cc1. The number of rotatable bonds is 5. The van der Waals surface area contributed by atoms with Gasteiger partial charge in [-0.3, -0.25) is 9.69 Å². The Kier molecular flexibility index (Phi) is 5.27. The van der Waals surface area contributed by atoms with Crippen LogP contribution in [0.5, 0.6) is 5.75 Å². The summed E-state index contributed by atoms with van der Waals surface area (Å²) in [5.74, 6) is 1.99. The van der Waals surface area contributed by atoms with Gasteiger partial charge in [0.2, 0.25) is 11.8 Å². The van der Waals surface area contributed by atoms with Gasteiger partial charge >= 0.3 is 0 Å². The van der Waals surface area contributed by atoms with E-state index in [0.29, 0.717) is 18.3 Å². The first kappa shape index (κ1) is 18.4. The highest BCUT2D eigenvalue weighted by atomic mass is 16.5. The molecule has 0 radical (unpaired) electrons. The third-order valence-corrected chi connectivity index (χ3v) is 4.48. The number of hydrogen-bond donors (Lipinski definition) is 1. The van der Waals surface area contributed by atoms with Crippen LogP contribution in [-0.4, -0.2) is 40.6 Å². The monoisotopic (exact) mass is 358 g/mol. The second-order valence-electron chi connectivity index (χ2n) is 7.61. The van der Waals surface area contributed by atoms with Gasteiger partial charge in [0.15, 0.2) is 5.82 Å². The molecule has 1 saturated heterocycles. The van der Waals surface area contributed by atoms with Crippen LogP contribution in [0, 0.1) is 0 Å².